The first-order chi connectivity index (χ1) is 22.3. The summed E-state index contributed by atoms with van der Waals surface area (Å²) in [4.78, 5) is 74.0. The number of carboxylic acids is 4. The van der Waals surface area contributed by atoms with Crippen LogP contribution in [0.2, 0.25) is 0 Å². The Balaban J connectivity index is 1.13. The number of carbonyl (C=O) groups excluding carboxylic acids is 1. The van der Waals surface area contributed by atoms with Crippen molar-refractivity contribution in [2.45, 2.75) is 112 Å². The summed E-state index contributed by atoms with van der Waals surface area (Å²) in [5.41, 5.74) is 5.47. The number of hydrogen-bond acceptors (Lipinski definition) is 12. The van der Waals surface area contributed by atoms with Gasteiger partial charge in [-0.3, -0.25) is 24.0 Å². The van der Waals surface area contributed by atoms with Gasteiger partial charge in [0.05, 0.1) is 46.7 Å². The molecule has 0 heterocycles. The van der Waals surface area contributed by atoms with E-state index in [1.54, 1.807) is 0 Å². The van der Waals surface area contributed by atoms with Gasteiger partial charge in [0.2, 0.25) is 0 Å². The molecule has 4 aliphatic carbocycles. The van der Waals surface area contributed by atoms with Crippen molar-refractivity contribution in [3.8, 4) is 0 Å². The van der Waals surface area contributed by atoms with Gasteiger partial charge in [-0.25, -0.2) is 13.3 Å². The maximum atomic E-state index is 13.4. The Kier molecular flexibility index (Phi) is 13.0. The summed E-state index contributed by atoms with van der Waals surface area (Å²) in [6.07, 6.45) is 4.59. The van der Waals surface area contributed by atoms with Crippen LogP contribution < -0.4 is 11.0 Å². The van der Waals surface area contributed by atoms with Crippen LogP contribution in [0.25, 0.3) is 0 Å². The minimum Gasteiger partial charge on any atom is -0.481 e. The molecule has 47 heavy (non-hydrogen) atoms. The Morgan fingerprint density at radius 3 is 1.57 bits per heavy atom. The first kappa shape index (κ1) is 37.0. The third kappa shape index (κ3) is 9.62. The van der Waals surface area contributed by atoms with Gasteiger partial charge in [0.15, 0.2) is 9.84 Å². The van der Waals surface area contributed by atoms with Crippen LogP contribution >= 0.6 is 0 Å². The Labute approximate surface area is 272 Å². The van der Waals surface area contributed by atoms with Crippen molar-refractivity contribution in [2.24, 2.45) is 35.5 Å². The molecule has 4 rings (SSSR count). The molecule has 6 atom stereocenters. The summed E-state index contributed by atoms with van der Waals surface area (Å²) in [7, 11) is -3.42. The maximum absolute atomic E-state index is 13.4. The lowest BCUT2D eigenvalue weighted by molar-refractivity contribution is -0.351. The van der Waals surface area contributed by atoms with E-state index >= 15 is 0 Å². The highest BCUT2D eigenvalue weighted by Gasteiger charge is 2.44. The molecule has 0 aliphatic heterocycles. The highest BCUT2D eigenvalue weighted by atomic mass is 32.2. The van der Waals surface area contributed by atoms with Crippen LogP contribution in [-0.4, -0.2) is 87.9 Å². The van der Waals surface area contributed by atoms with Crippen LogP contribution in [0.1, 0.15) is 89.9 Å². The van der Waals surface area contributed by atoms with Crippen molar-refractivity contribution >= 4 is 39.7 Å². The molecule has 0 aromatic rings. The van der Waals surface area contributed by atoms with E-state index < -0.39 is 79.8 Å². The van der Waals surface area contributed by atoms with Crippen molar-refractivity contribution in [1.82, 2.24) is 11.0 Å². The molecule has 4 fully saturated rings. The van der Waals surface area contributed by atoms with E-state index in [9.17, 15) is 52.8 Å². The largest absolute Gasteiger partial charge is 0.481 e. The summed E-state index contributed by atoms with van der Waals surface area (Å²) in [6, 6.07) is -0.423. The van der Waals surface area contributed by atoms with Crippen molar-refractivity contribution in [3.63, 3.8) is 0 Å². The summed E-state index contributed by atoms with van der Waals surface area (Å²) in [5, 5.41) is 36.4. The molecule has 0 aromatic carbocycles. The average molecular weight is 691 g/mol. The molecule has 0 saturated heterocycles. The number of carboxylic acid groups (broad SMARTS) is 4. The topological polar surface area (TPSA) is 252 Å². The molecule has 4 aliphatic rings. The van der Waals surface area contributed by atoms with Gasteiger partial charge in [-0.05, 0) is 95.8 Å². The Hall–Kier alpha value is -2.86. The Morgan fingerprint density at radius 2 is 1.06 bits per heavy atom. The summed E-state index contributed by atoms with van der Waals surface area (Å²) < 4.78 is 26.8. The number of carbonyl (C=O) groups is 5. The number of aliphatic carboxylic acids is 4. The molecular formula is C30H46N2O14S. The van der Waals surface area contributed by atoms with E-state index in [1.807, 2.05) is 0 Å². The molecule has 6 N–H and O–H groups in total. The fourth-order valence-corrected chi connectivity index (χ4v) is 10.0. The second kappa shape index (κ2) is 16.5. The number of rotatable bonds is 14. The lowest BCUT2D eigenvalue weighted by atomic mass is 9.74. The van der Waals surface area contributed by atoms with Crippen LogP contribution in [0, 0.1) is 35.5 Å². The van der Waals surface area contributed by atoms with Crippen LogP contribution in [0.3, 0.4) is 0 Å². The summed E-state index contributed by atoms with van der Waals surface area (Å²) in [5.74, 6) is -9.94. The normalized spacial score (nSPS) is 35.0. The monoisotopic (exact) mass is 690 g/mol. The van der Waals surface area contributed by atoms with E-state index in [0.717, 1.165) is 0 Å². The first-order valence-corrected chi connectivity index (χ1v) is 18.0. The number of hydrogen-bond donors (Lipinski definition) is 6. The number of nitrogens with one attached hydrogen (secondary N) is 2. The summed E-state index contributed by atoms with van der Waals surface area (Å²) in [6.45, 7) is -0.00654. The lowest BCUT2D eigenvalue weighted by Gasteiger charge is -2.34. The maximum Gasteiger partial charge on any atom is 0.328 e. The Bertz CT molecular complexity index is 1240. The van der Waals surface area contributed by atoms with E-state index in [0.29, 0.717) is 64.2 Å². The van der Waals surface area contributed by atoms with Crippen LogP contribution in [0.5, 0.6) is 0 Å². The van der Waals surface area contributed by atoms with Crippen molar-refractivity contribution in [2.75, 3.05) is 6.61 Å². The zero-order valence-corrected chi connectivity index (χ0v) is 27.0. The molecule has 17 heteroatoms. The predicted octanol–water partition coefficient (Wildman–Crippen LogP) is 1.93. The lowest BCUT2D eigenvalue weighted by Crippen LogP contribution is -2.44. The molecule has 16 nitrogen and oxygen atoms in total. The smallest absolute Gasteiger partial charge is 0.328 e. The van der Waals surface area contributed by atoms with Gasteiger partial charge >= 0.3 is 29.8 Å². The molecule has 0 bridgehead atoms. The highest BCUT2D eigenvalue weighted by Crippen LogP contribution is 2.37. The average Bonchev–Trinajstić information content (AvgIpc) is 3.05. The van der Waals surface area contributed by atoms with Crippen LogP contribution in [0.15, 0.2) is 0 Å². The molecule has 0 amide bonds. The molecule has 0 aromatic heterocycles. The minimum absolute atomic E-state index is 0.00654. The molecular weight excluding hydrogens is 644 g/mol. The first-order valence-electron chi connectivity index (χ1n) is 16.4. The molecule has 266 valence electrons. The van der Waals surface area contributed by atoms with Crippen LogP contribution in [-0.2, 0) is 48.5 Å². The van der Waals surface area contributed by atoms with E-state index in [4.69, 9.17) is 14.7 Å². The quantitative estimate of drug-likeness (QED) is 0.0865. The van der Waals surface area contributed by atoms with Crippen molar-refractivity contribution in [3.05, 3.63) is 0 Å². The fraction of sp³-hybridized carbons (Fsp3) is 0.833. The molecule has 6 unspecified atom stereocenters. The second-order valence-electron chi connectivity index (χ2n) is 13.5. The van der Waals surface area contributed by atoms with E-state index in [-0.39, 0.29) is 50.3 Å². The zero-order chi connectivity index (χ0) is 34.3. The molecule has 4 saturated carbocycles. The third-order valence-electron chi connectivity index (χ3n) is 10.6. The third-order valence-corrected chi connectivity index (χ3v) is 13.4. The number of sulfone groups is 1. The minimum atomic E-state index is -3.42. The number of hydroxylamine groups is 2. The SMILES string of the molecule is O=C(O)C1CCC(COONC2CCC(S(=O)(=O)C3CCC(NOC(=O)C4CCC(C(=O)O)CC4C(=O)O)CC3)CC2)C(C(=O)O)C1. The van der Waals surface area contributed by atoms with Gasteiger partial charge in [-0.1, -0.05) is 0 Å². The van der Waals surface area contributed by atoms with Gasteiger partial charge in [-0.15, -0.1) is 4.99 Å². The van der Waals surface area contributed by atoms with Gasteiger partial charge in [0.1, 0.15) is 0 Å². The zero-order valence-electron chi connectivity index (χ0n) is 26.2. The van der Waals surface area contributed by atoms with Gasteiger partial charge < -0.3 is 25.3 Å². The highest BCUT2D eigenvalue weighted by molar-refractivity contribution is 7.92. The second-order valence-corrected chi connectivity index (χ2v) is 16.0. The Morgan fingerprint density at radius 1 is 0.574 bits per heavy atom. The van der Waals surface area contributed by atoms with Crippen molar-refractivity contribution < 1.29 is 67.5 Å². The molecule has 0 radical (unpaired) electrons. The van der Waals surface area contributed by atoms with Crippen LogP contribution in [0.4, 0.5) is 0 Å². The predicted molar refractivity (Wildman–Crippen MR) is 160 cm³/mol. The fourth-order valence-electron chi connectivity index (χ4n) is 7.64. The molecule has 0 spiro atoms. The standard InChI is InChI=1S/C30H46N2O14S/c33-26(34)16-1-2-18(24(13-16)28(37)38)15-44-46-32-20-6-10-22(11-7-20)47(42,43)21-8-4-19(5-9-21)31-45-30(41)23-12-3-17(27(35)36)14-25(23)29(39)40/h16-25,31-32H,1-15H2,(H,33,34)(H,35,36)(H,37,38)(H,39,40). The van der Waals surface area contributed by atoms with Gasteiger partial charge in [0.25, 0.3) is 0 Å². The van der Waals surface area contributed by atoms with E-state index in [2.05, 4.69) is 11.0 Å². The summed E-state index contributed by atoms with van der Waals surface area (Å²) >= 11 is 0. The van der Waals surface area contributed by atoms with Gasteiger partial charge in [-0.2, -0.15) is 11.0 Å². The van der Waals surface area contributed by atoms with E-state index in [1.165, 1.54) is 0 Å². The van der Waals surface area contributed by atoms with Gasteiger partial charge in [0, 0.05) is 12.1 Å². The van der Waals surface area contributed by atoms with Crippen molar-refractivity contribution in [1.29, 1.82) is 0 Å².